The highest BCUT2D eigenvalue weighted by Gasteiger charge is 2.64. The molecule has 0 unspecified atom stereocenters. The van der Waals surface area contributed by atoms with Crippen molar-refractivity contribution in [1.82, 2.24) is 10.2 Å². The number of Topliss-reactive ketones (excluding diaryl/α,β-unsaturated/α-hetero) is 2. The lowest BCUT2D eigenvalue weighted by molar-refractivity contribution is -0.153. The van der Waals surface area contributed by atoms with Crippen LogP contribution in [0.5, 0.6) is 5.75 Å². The van der Waals surface area contributed by atoms with Gasteiger partial charge in [0.25, 0.3) is 5.91 Å². The molecule has 3 aliphatic carbocycles. The number of amides is 1. The third kappa shape index (κ3) is 3.92. The van der Waals surface area contributed by atoms with E-state index in [1.54, 1.807) is 0 Å². The number of benzene rings is 1. The number of fused-ring (bicyclic) bond motifs is 3. The van der Waals surface area contributed by atoms with Crippen molar-refractivity contribution in [1.29, 1.82) is 0 Å². The number of aromatic hydroxyl groups is 1. The van der Waals surface area contributed by atoms with Crippen molar-refractivity contribution >= 4 is 23.2 Å². The van der Waals surface area contributed by atoms with Gasteiger partial charge in [0.15, 0.2) is 11.4 Å². The van der Waals surface area contributed by atoms with Gasteiger partial charge in [0.1, 0.15) is 28.7 Å². The molecular weight excluding hydrogens is 485 g/mol. The van der Waals surface area contributed by atoms with Crippen molar-refractivity contribution in [2.75, 3.05) is 20.6 Å². The first kappa shape index (κ1) is 26.8. The summed E-state index contributed by atoms with van der Waals surface area (Å²) < 4.78 is 15.0. The molecule has 3 aliphatic rings. The van der Waals surface area contributed by atoms with E-state index in [0.29, 0.717) is 6.54 Å². The Kier molecular flexibility index (Phi) is 6.68. The number of hydrogen-bond donors (Lipinski definition) is 6. The Balaban J connectivity index is 1.88. The molecule has 7 N–H and O–H groups in total. The van der Waals surface area contributed by atoms with Gasteiger partial charge in [-0.3, -0.25) is 19.3 Å². The van der Waals surface area contributed by atoms with Crippen LogP contribution in [-0.2, 0) is 27.3 Å². The lowest BCUT2D eigenvalue weighted by Gasteiger charge is -2.50. The van der Waals surface area contributed by atoms with E-state index in [1.807, 2.05) is 13.8 Å². The summed E-state index contributed by atoms with van der Waals surface area (Å²) >= 11 is 0. The van der Waals surface area contributed by atoms with Gasteiger partial charge in [0.05, 0.1) is 11.6 Å². The summed E-state index contributed by atoms with van der Waals surface area (Å²) in [4.78, 5) is 40.3. The van der Waals surface area contributed by atoms with Crippen LogP contribution >= 0.6 is 0 Å². The number of nitrogens with two attached hydrogens (primary N) is 1. The summed E-state index contributed by atoms with van der Waals surface area (Å²) in [6.45, 7) is 4.46. The summed E-state index contributed by atoms with van der Waals surface area (Å²) in [5, 5.41) is 47.6. The summed E-state index contributed by atoms with van der Waals surface area (Å²) in [5.41, 5.74) is 1.53. The molecule has 10 nitrogen and oxygen atoms in total. The van der Waals surface area contributed by atoms with Crippen LogP contribution < -0.4 is 11.1 Å². The zero-order valence-electron chi connectivity index (χ0n) is 21.1. The number of primary amides is 1. The second-order valence-electron chi connectivity index (χ2n) is 10.7. The topological polar surface area (TPSA) is 173 Å². The third-order valence-electron chi connectivity index (χ3n) is 7.62. The molecule has 1 aromatic rings. The molecule has 1 amide bonds. The van der Waals surface area contributed by atoms with Gasteiger partial charge in [-0.2, -0.15) is 0 Å². The van der Waals surface area contributed by atoms with Crippen LogP contribution in [-0.4, -0.2) is 75.1 Å². The molecule has 11 heteroatoms. The number of likely N-dealkylation sites (N-methyl/N-ethyl adjacent to an activating group) is 1. The minimum atomic E-state index is -2.71. The Morgan fingerprint density at radius 2 is 1.92 bits per heavy atom. The molecule has 1 fully saturated rings. The molecule has 1 aromatic carbocycles. The smallest absolute Gasteiger partial charge is 0.255 e. The number of aliphatic hydroxyl groups excluding tert-OH is 2. The Hall–Kier alpha value is -3.28. The molecule has 200 valence electrons. The summed E-state index contributed by atoms with van der Waals surface area (Å²) in [7, 11) is 3.05. The lowest BCUT2D eigenvalue weighted by Crippen LogP contribution is -2.65. The summed E-state index contributed by atoms with van der Waals surface area (Å²) in [6.07, 6.45) is -0.00937. The number of aliphatic hydroxyl groups is 3. The van der Waals surface area contributed by atoms with Crippen LogP contribution in [0.4, 0.5) is 4.39 Å². The first-order chi connectivity index (χ1) is 17.2. The van der Waals surface area contributed by atoms with Crippen LogP contribution in [0.25, 0.3) is 5.76 Å². The van der Waals surface area contributed by atoms with E-state index in [-0.39, 0.29) is 47.6 Å². The average Bonchev–Trinajstić information content (AvgIpc) is 2.77. The largest absolute Gasteiger partial charge is 0.508 e. The minimum absolute atomic E-state index is 0.0206. The van der Waals surface area contributed by atoms with Crippen LogP contribution in [0.1, 0.15) is 37.0 Å². The van der Waals surface area contributed by atoms with E-state index in [2.05, 4.69) is 5.32 Å². The molecule has 0 saturated heterocycles. The molecule has 37 heavy (non-hydrogen) atoms. The number of phenols is 1. The highest BCUT2D eigenvalue weighted by molar-refractivity contribution is 6.24. The van der Waals surface area contributed by atoms with E-state index >= 15 is 0 Å². The van der Waals surface area contributed by atoms with Crippen molar-refractivity contribution in [2.24, 2.45) is 23.5 Å². The summed E-state index contributed by atoms with van der Waals surface area (Å²) in [5.74, 6) is -7.86. The fourth-order valence-corrected chi connectivity index (χ4v) is 5.96. The lowest BCUT2D eigenvalue weighted by atomic mass is 9.57. The maximum atomic E-state index is 15.0. The van der Waals surface area contributed by atoms with Gasteiger partial charge in [0.2, 0.25) is 5.78 Å². The number of carbonyl (C=O) groups excluding carboxylic acids is 3. The normalized spacial score (nSPS) is 27.5. The Morgan fingerprint density at radius 3 is 2.49 bits per heavy atom. The first-order valence-corrected chi connectivity index (χ1v) is 12.1. The van der Waals surface area contributed by atoms with Gasteiger partial charge < -0.3 is 31.5 Å². The highest BCUT2D eigenvalue weighted by Crippen LogP contribution is 2.53. The molecule has 4 rings (SSSR count). The molecule has 0 heterocycles. The van der Waals surface area contributed by atoms with Crippen molar-refractivity contribution in [3.63, 3.8) is 0 Å². The Labute approximate surface area is 213 Å². The van der Waals surface area contributed by atoms with Gasteiger partial charge in [0, 0.05) is 23.6 Å². The molecular formula is C26H32FN3O7. The van der Waals surface area contributed by atoms with E-state index in [4.69, 9.17) is 5.73 Å². The molecule has 0 radical (unpaired) electrons. The molecule has 0 bridgehead atoms. The number of ketones is 2. The predicted molar refractivity (Wildman–Crippen MR) is 131 cm³/mol. The van der Waals surface area contributed by atoms with Gasteiger partial charge in [-0.15, -0.1) is 0 Å². The highest BCUT2D eigenvalue weighted by atomic mass is 19.1. The maximum Gasteiger partial charge on any atom is 0.255 e. The Morgan fingerprint density at radius 1 is 1.27 bits per heavy atom. The van der Waals surface area contributed by atoms with Gasteiger partial charge in [-0.05, 0) is 56.9 Å². The Bertz CT molecular complexity index is 1270. The van der Waals surface area contributed by atoms with E-state index in [1.165, 1.54) is 25.1 Å². The number of halogens is 1. The van der Waals surface area contributed by atoms with Gasteiger partial charge in [-0.1, -0.05) is 13.8 Å². The quantitative estimate of drug-likeness (QED) is 0.299. The van der Waals surface area contributed by atoms with Crippen LogP contribution in [0, 0.1) is 23.6 Å². The van der Waals surface area contributed by atoms with E-state index in [9.17, 15) is 39.2 Å². The van der Waals surface area contributed by atoms with Crippen LogP contribution in [0.3, 0.4) is 0 Å². The number of nitrogens with zero attached hydrogens (tertiary/aromatic N) is 1. The standard InChI is InChI=1S/C26H32FN3O7/c1-10(2)8-29-9-13-15(27)7-12-5-11-6-14-19(30(3)4)22(33)18(25(28)36)24(35)26(14,37)23(34)17(11)21(32)16(12)20(13)31/h7,10-11,14,19,29,31-32,35,37H,5-6,8-9H2,1-4H3,(H2,28,36)/t11-,14-,19-,26-/m0/s1. The zero-order chi connectivity index (χ0) is 27.6. The predicted octanol–water partition coefficient (Wildman–Crippen LogP) is 0.849. The van der Waals surface area contributed by atoms with Crippen LogP contribution in [0.2, 0.25) is 0 Å². The number of hydrogen-bond acceptors (Lipinski definition) is 9. The van der Waals surface area contributed by atoms with E-state index < -0.39 is 69.6 Å². The first-order valence-electron chi connectivity index (χ1n) is 12.1. The van der Waals surface area contributed by atoms with Crippen molar-refractivity contribution in [2.45, 2.75) is 44.9 Å². The van der Waals surface area contributed by atoms with Gasteiger partial charge >= 0.3 is 0 Å². The molecule has 4 atom stereocenters. The minimum Gasteiger partial charge on any atom is -0.508 e. The summed E-state index contributed by atoms with van der Waals surface area (Å²) in [6, 6.07) is 0.0366. The van der Waals surface area contributed by atoms with Crippen LogP contribution in [0.15, 0.2) is 23.0 Å². The fourth-order valence-electron chi connectivity index (χ4n) is 5.96. The SMILES string of the molecule is CC(C)CNCc1c(F)cc2c(c1O)C(O)=C1C(=O)[C@]3(O)C(O)=C(C(N)=O)C(=O)[C@@H](N(C)C)[C@@H]3C[C@@H]1C2. The molecule has 0 aliphatic heterocycles. The maximum absolute atomic E-state index is 15.0. The van der Waals surface area contributed by atoms with Crippen molar-refractivity contribution < 1.29 is 39.2 Å². The second kappa shape index (κ2) is 9.23. The zero-order valence-corrected chi connectivity index (χ0v) is 21.1. The van der Waals surface area contributed by atoms with Crippen molar-refractivity contribution in [3.05, 3.63) is 45.5 Å². The number of carbonyl (C=O) groups is 3. The molecule has 0 aromatic heterocycles. The number of nitrogens with one attached hydrogen (secondary N) is 1. The third-order valence-corrected chi connectivity index (χ3v) is 7.62. The molecule has 0 spiro atoms. The van der Waals surface area contributed by atoms with Crippen molar-refractivity contribution in [3.8, 4) is 5.75 Å². The molecule has 1 saturated carbocycles. The van der Waals surface area contributed by atoms with E-state index in [0.717, 1.165) is 0 Å². The monoisotopic (exact) mass is 517 g/mol. The number of phenolic OH excluding ortho intramolecular Hbond substituents is 1. The fraction of sp³-hybridized carbons (Fsp3) is 0.500. The van der Waals surface area contributed by atoms with Gasteiger partial charge in [-0.25, -0.2) is 4.39 Å². The second-order valence-corrected chi connectivity index (χ2v) is 10.7. The number of rotatable bonds is 6. The average molecular weight is 518 g/mol.